The average Bonchev–Trinajstić information content (AvgIpc) is 2.58. The van der Waals surface area contributed by atoms with Crippen LogP contribution in [0.2, 0.25) is 0 Å². The number of aliphatic hydroxyl groups is 1. The molecule has 0 aromatic carbocycles. The molecule has 5 nitrogen and oxygen atoms in total. The number of amides is 1. The minimum absolute atomic E-state index is 0. The van der Waals surface area contributed by atoms with E-state index in [1.165, 1.54) is 0 Å². The largest absolute Gasteiger partial charge is 1.00 e. The van der Waals surface area contributed by atoms with Crippen LogP contribution < -0.4 is 22.3 Å². The highest BCUT2D eigenvalue weighted by molar-refractivity contribution is 5.76. The Labute approximate surface area is 114 Å². The molecule has 0 aliphatic heterocycles. The highest BCUT2D eigenvalue weighted by Gasteiger charge is 2.25. The third-order valence-corrected chi connectivity index (χ3v) is 2.71. The van der Waals surface area contributed by atoms with Gasteiger partial charge in [0.05, 0.1) is 19.7 Å². The van der Waals surface area contributed by atoms with E-state index in [0.29, 0.717) is 0 Å². The van der Waals surface area contributed by atoms with Crippen molar-refractivity contribution >= 4 is 5.91 Å². The van der Waals surface area contributed by atoms with Gasteiger partial charge in [-0.3, -0.25) is 4.79 Å². The summed E-state index contributed by atoms with van der Waals surface area (Å²) in [5.74, 6) is -0.0878. The van der Waals surface area contributed by atoms with Gasteiger partial charge < -0.3 is 22.8 Å². The van der Waals surface area contributed by atoms with Crippen molar-refractivity contribution in [3.05, 3.63) is 18.7 Å². The van der Waals surface area contributed by atoms with E-state index in [1.54, 1.807) is 4.57 Å². The lowest BCUT2D eigenvalue weighted by molar-refractivity contribution is -0.671. The van der Waals surface area contributed by atoms with Crippen LogP contribution in [-0.2, 0) is 18.4 Å². The van der Waals surface area contributed by atoms with Gasteiger partial charge in [0.15, 0.2) is 6.54 Å². The van der Waals surface area contributed by atoms with Crippen molar-refractivity contribution in [1.82, 2.24) is 9.88 Å². The fraction of sp³-hybridized carbons (Fsp3) is 0.667. The molecule has 0 spiro atoms. The second kappa shape index (κ2) is 6.75. The molecule has 0 radical (unpaired) electrons. The minimum Gasteiger partial charge on any atom is -1.00 e. The van der Waals surface area contributed by atoms with Gasteiger partial charge in [0, 0.05) is 0 Å². The predicted molar refractivity (Wildman–Crippen MR) is 64.1 cm³/mol. The molecular weight excluding hydrogens is 254 g/mol. The molecule has 0 unspecified atom stereocenters. The van der Waals surface area contributed by atoms with Crippen LogP contribution in [0.15, 0.2) is 18.7 Å². The quantitative estimate of drug-likeness (QED) is 0.570. The lowest BCUT2D eigenvalue weighted by Crippen LogP contribution is -3.00. The van der Waals surface area contributed by atoms with E-state index in [2.05, 4.69) is 5.32 Å². The normalized spacial score (nSPS) is 12.7. The fourth-order valence-corrected chi connectivity index (χ4v) is 1.54. The summed E-state index contributed by atoms with van der Waals surface area (Å²) in [5.41, 5.74) is -0.147. The summed E-state index contributed by atoms with van der Waals surface area (Å²) in [5, 5.41) is 12.1. The van der Waals surface area contributed by atoms with Crippen molar-refractivity contribution in [2.45, 2.75) is 33.4 Å². The predicted octanol–water partition coefficient (Wildman–Crippen LogP) is -3.16. The van der Waals surface area contributed by atoms with E-state index in [0.717, 1.165) is 0 Å². The van der Waals surface area contributed by atoms with Gasteiger partial charge in [0.25, 0.3) is 5.91 Å². The van der Waals surface area contributed by atoms with Gasteiger partial charge in [-0.25, -0.2) is 9.13 Å². The Kier molecular flexibility index (Phi) is 6.35. The van der Waals surface area contributed by atoms with Gasteiger partial charge in [0.1, 0.15) is 12.4 Å². The maximum atomic E-state index is 11.8. The van der Waals surface area contributed by atoms with Crippen LogP contribution in [0.1, 0.15) is 20.8 Å². The highest BCUT2D eigenvalue weighted by Crippen LogP contribution is 2.18. The number of hydrogen-bond donors (Lipinski definition) is 2. The minimum atomic E-state index is -0.223. The number of carbonyl (C=O) groups excluding carboxylic acids is 1. The van der Waals surface area contributed by atoms with Crippen molar-refractivity contribution in [2.75, 3.05) is 6.61 Å². The third-order valence-electron chi connectivity index (χ3n) is 2.71. The van der Waals surface area contributed by atoms with Crippen molar-refractivity contribution in [3.63, 3.8) is 0 Å². The van der Waals surface area contributed by atoms with Gasteiger partial charge in [-0.15, -0.1) is 0 Å². The number of carbonyl (C=O) groups is 1. The van der Waals surface area contributed by atoms with E-state index in [1.807, 2.05) is 51.1 Å². The van der Waals surface area contributed by atoms with E-state index >= 15 is 0 Å². The number of nitrogens with one attached hydrogen (secondary N) is 1. The van der Waals surface area contributed by atoms with Crippen LogP contribution in [0, 0.1) is 5.41 Å². The van der Waals surface area contributed by atoms with Crippen LogP contribution in [0.4, 0.5) is 0 Å². The van der Waals surface area contributed by atoms with Crippen molar-refractivity contribution in [3.8, 4) is 0 Å². The molecular formula is C12H22ClN3O2. The number of imidazole rings is 1. The van der Waals surface area contributed by atoms with Crippen LogP contribution >= 0.6 is 0 Å². The van der Waals surface area contributed by atoms with Crippen LogP contribution in [0.25, 0.3) is 0 Å². The van der Waals surface area contributed by atoms with Gasteiger partial charge >= 0.3 is 0 Å². The zero-order valence-corrected chi connectivity index (χ0v) is 12.1. The molecule has 104 valence electrons. The average molecular weight is 276 g/mol. The summed E-state index contributed by atoms with van der Waals surface area (Å²) in [6.45, 7) is 6.19. The Morgan fingerprint density at radius 1 is 1.50 bits per heavy atom. The molecule has 6 heteroatoms. The van der Waals surface area contributed by atoms with E-state index in [-0.39, 0.29) is 42.9 Å². The Balaban J connectivity index is 0.00000289. The third kappa shape index (κ3) is 5.06. The molecule has 1 heterocycles. The molecule has 1 aromatic rings. The fourth-order valence-electron chi connectivity index (χ4n) is 1.54. The van der Waals surface area contributed by atoms with Gasteiger partial charge in [-0.05, 0) is 5.41 Å². The van der Waals surface area contributed by atoms with Crippen molar-refractivity contribution < 1.29 is 26.9 Å². The maximum absolute atomic E-state index is 11.8. The first kappa shape index (κ1) is 16.9. The lowest BCUT2D eigenvalue weighted by Gasteiger charge is -2.29. The van der Waals surface area contributed by atoms with Gasteiger partial charge in [-0.2, -0.15) is 0 Å². The molecule has 1 amide bonds. The van der Waals surface area contributed by atoms with E-state index in [4.69, 9.17) is 0 Å². The zero-order chi connectivity index (χ0) is 13.1. The number of aliphatic hydroxyl groups excluding tert-OH is 1. The SMILES string of the molecule is C[n+]1ccn(CC(=O)N[C@H](CO)C(C)(C)C)c1.[Cl-]. The van der Waals surface area contributed by atoms with Gasteiger partial charge in [0.2, 0.25) is 6.33 Å². The summed E-state index contributed by atoms with van der Waals surface area (Å²) in [4.78, 5) is 11.8. The van der Waals surface area contributed by atoms with Gasteiger partial charge in [-0.1, -0.05) is 20.8 Å². The molecule has 1 rings (SSSR count). The number of nitrogens with zero attached hydrogens (tertiary/aromatic N) is 2. The monoisotopic (exact) mass is 275 g/mol. The molecule has 1 atom stereocenters. The summed E-state index contributed by atoms with van der Waals surface area (Å²) in [7, 11) is 1.90. The second-order valence-electron chi connectivity index (χ2n) is 5.42. The van der Waals surface area contributed by atoms with E-state index < -0.39 is 0 Å². The molecule has 0 fully saturated rings. The van der Waals surface area contributed by atoms with Crippen LogP contribution in [-0.4, -0.2) is 28.2 Å². The maximum Gasteiger partial charge on any atom is 0.262 e. The van der Waals surface area contributed by atoms with Crippen LogP contribution in [0.5, 0.6) is 0 Å². The molecule has 18 heavy (non-hydrogen) atoms. The molecule has 2 N–H and O–H groups in total. The summed E-state index contributed by atoms with van der Waals surface area (Å²) < 4.78 is 3.67. The molecule has 1 aromatic heterocycles. The molecule has 0 saturated carbocycles. The Bertz CT molecular complexity index is 385. The first-order chi connectivity index (χ1) is 7.82. The second-order valence-corrected chi connectivity index (χ2v) is 5.42. The molecule has 0 aliphatic rings. The standard InChI is InChI=1S/C12H21N3O2.ClH/c1-12(2,3)10(8-16)13-11(17)7-15-6-5-14(4)9-15;/h5-6,9-10,16H,7-8H2,1-4H3;1H/t10-;/m1./s1. The zero-order valence-electron chi connectivity index (χ0n) is 11.4. The van der Waals surface area contributed by atoms with E-state index in [9.17, 15) is 9.90 Å². The smallest absolute Gasteiger partial charge is 0.262 e. The number of aryl methyl sites for hydroxylation is 1. The molecule has 0 bridgehead atoms. The highest BCUT2D eigenvalue weighted by atomic mass is 35.5. The van der Waals surface area contributed by atoms with Crippen molar-refractivity contribution in [2.24, 2.45) is 12.5 Å². The summed E-state index contributed by atoms with van der Waals surface area (Å²) in [6.07, 6.45) is 5.55. The lowest BCUT2D eigenvalue weighted by atomic mass is 9.87. The summed E-state index contributed by atoms with van der Waals surface area (Å²) >= 11 is 0. The summed E-state index contributed by atoms with van der Waals surface area (Å²) in [6, 6.07) is -0.223. The number of aromatic nitrogens is 2. The number of halogens is 1. The molecule has 0 saturated heterocycles. The van der Waals surface area contributed by atoms with Crippen LogP contribution in [0.3, 0.4) is 0 Å². The topological polar surface area (TPSA) is 58.1 Å². The van der Waals surface area contributed by atoms with Crippen molar-refractivity contribution in [1.29, 1.82) is 0 Å². The Morgan fingerprint density at radius 3 is 2.50 bits per heavy atom. The first-order valence-electron chi connectivity index (χ1n) is 5.74. The Morgan fingerprint density at radius 2 is 2.11 bits per heavy atom. The first-order valence-corrected chi connectivity index (χ1v) is 5.74. The molecule has 0 aliphatic carbocycles. The Hall–Kier alpha value is -1.07. The number of hydrogen-bond acceptors (Lipinski definition) is 2. The number of rotatable bonds is 4.